The van der Waals surface area contributed by atoms with Crippen molar-refractivity contribution in [3.8, 4) is 0 Å². The second-order valence-corrected chi connectivity index (χ2v) is 8.35. The molecule has 20 heavy (non-hydrogen) atoms. The largest absolute Gasteiger partial charge is 0.330 e. The number of nitrogens with two attached hydrogens (primary N) is 1. The van der Waals surface area contributed by atoms with Crippen LogP contribution in [0, 0.1) is 5.92 Å². The van der Waals surface area contributed by atoms with Crippen LogP contribution < -0.4 is 5.73 Å². The van der Waals surface area contributed by atoms with Gasteiger partial charge >= 0.3 is 0 Å². The second kappa shape index (κ2) is 6.32. The van der Waals surface area contributed by atoms with Gasteiger partial charge in [0.1, 0.15) is 0 Å². The standard InChI is InChI=1S/C13H18BrClN2O2S/c1-17(13-4-2-3-9(13)8-16)20(18,19)10-5-6-12(15)11(14)7-10/h5-7,9,13H,2-4,8,16H2,1H3. The minimum atomic E-state index is -3.52. The van der Waals surface area contributed by atoms with Gasteiger partial charge in [0.2, 0.25) is 10.0 Å². The summed E-state index contributed by atoms with van der Waals surface area (Å²) in [7, 11) is -1.88. The first-order valence-electron chi connectivity index (χ1n) is 6.51. The molecule has 2 rings (SSSR count). The number of hydrogen-bond acceptors (Lipinski definition) is 3. The monoisotopic (exact) mass is 380 g/mol. The zero-order chi connectivity index (χ0) is 14.9. The van der Waals surface area contributed by atoms with E-state index in [2.05, 4.69) is 15.9 Å². The van der Waals surface area contributed by atoms with Crippen LogP contribution in [-0.2, 0) is 10.0 Å². The topological polar surface area (TPSA) is 63.4 Å². The Morgan fingerprint density at radius 2 is 2.15 bits per heavy atom. The molecule has 7 heteroatoms. The van der Waals surface area contributed by atoms with Gasteiger partial charge in [0.15, 0.2) is 0 Å². The number of benzene rings is 1. The molecule has 2 atom stereocenters. The normalized spacial score (nSPS) is 23.4. The lowest BCUT2D eigenvalue weighted by molar-refractivity contribution is 0.304. The van der Waals surface area contributed by atoms with E-state index in [1.165, 1.54) is 10.4 Å². The lowest BCUT2D eigenvalue weighted by atomic mass is 10.0. The van der Waals surface area contributed by atoms with Crippen LogP contribution >= 0.6 is 27.5 Å². The third-order valence-corrected chi connectivity index (χ3v) is 7.05. The summed E-state index contributed by atoms with van der Waals surface area (Å²) in [6, 6.07) is 4.65. The molecule has 0 amide bonds. The lowest BCUT2D eigenvalue weighted by Gasteiger charge is -2.28. The molecule has 0 aliphatic heterocycles. The van der Waals surface area contributed by atoms with E-state index >= 15 is 0 Å². The summed E-state index contributed by atoms with van der Waals surface area (Å²) in [6.45, 7) is 0.523. The quantitative estimate of drug-likeness (QED) is 0.872. The molecule has 2 N–H and O–H groups in total. The van der Waals surface area contributed by atoms with E-state index < -0.39 is 10.0 Å². The highest BCUT2D eigenvalue weighted by Crippen LogP contribution is 2.33. The molecule has 0 heterocycles. The lowest BCUT2D eigenvalue weighted by Crippen LogP contribution is -2.41. The number of halogens is 2. The van der Waals surface area contributed by atoms with Crippen molar-refractivity contribution in [3.63, 3.8) is 0 Å². The zero-order valence-electron chi connectivity index (χ0n) is 11.2. The summed E-state index contributed by atoms with van der Waals surface area (Å²) in [4.78, 5) is 0.249. The molecule has 0 radical (unpaired) electrons. The summed E-state index contributed by atoms with van der Waals surface area (Å²) >= 11 is 9.17. The van der Waals surface area contributed by atoms with E-state index in [0.29, 0.717) is 16.0 Å². The van der Waals surface area contributed by atoms with E-state index in [1.807, 2.05) is 0 Å². The smallest absolute Gasteiger partial charge is 0.243 e. The Hall–Kier alpha value is -0.140. The summed E-state index contributed by atoms with van der Waals surface area (Å²) in [5.41, 5.74) is 5.74. The fourth-order valence-electron chi connectivity index (χ4n) is 2.75. The highest BCUT2D eigenvalue weighted by atomic mass is 79.9. The van der Waals surface area contributed by atoms with Gasteiger partial charge in [-0.15, -0.1) is 0 Å². The molecule has 0 spiro atoms. The van der Waals surface area contributed by atoms with E-state index in [0.717, 1.165) is 19.3 Å². The van der Waals surface area contributed by atoms with Crippen molar-refractivity contribution in [2.45, 2.75) is 30.2 Å². The van der Waals surface area contributed by atoms with Gasteiger partial charge in [0.25, 0.3) is 0 Å². The van der Waals surface area contributed by atoms with Gasteiger partial charge in [-0.05, 0) is 59.4 Å². The van der Waals surface area contributed by atoms with Crippen LogP contribution in [0.4, 0.5) is 0 Å². The third-order valence-electron chi connectivity index (χ3n) is 3.96. The highest BCUT2D eigenvalue weighted by Gasteiger charge is 2.36. The molecule has 1 fully saturated rings. The van der Waals surface area contributed by atoms with E-state index in [1.54, 1.807) is 19.2 Å². The summed E-state index contributed by atoms with van der Waals surface area (Å²) in [5, 5.41) is 0.493. The zero-order valence-corrected chi connectivity index (χ0v) is 14.4. The Balaban J connectivity index is 2.31. The molecule has 0 saturated heterocycles. The first-order valence-corrected chi connectivity index (χ1v) is 9.12. The van der Waals surface area contributed by atoms with Gasteiger partial charge in [-0.3, -0.25) is 0 Å². The summed E-state index contributed by atoms with van der Waals surface area (Å²) in [5.74, 6) is 0.241. The highest BCUT2D eigenvalue weighted by molar-refractivity contribution is 9.10. The molecule has 2 unspecified atom stereocenters. The van der Waals surface area contributed by atoms with Gasteiger partial charge in [0.05, 0.1) is 9.92 Å². The molecular weight excluding hydrogens is 364 g/mol. The molecule has 1 aliphatic rings. The van der Waals surface area contributed by atoms with Crippen LogP contribution in [0.1, 0.15) is 19.3 Å². The minimum absolute atomic E-state index is 0.0144. The van der Waals surface area contributed by atoms with Gasteiger partial charge < -0.3 is 5.73 Å². The molecule has 112 valence electrons. The van der Waals surface area contributed by atoms with Gasteiger partial charge in [-0.25, -0.2) is 8.42 Å². The molecule has 1 aromatic carbocycles. The summed E-state index contributed by atoms with van der Waals surface area (Å²) in [6.07, 6.45) is 2.88. The molecule has 1 aliphatic carbocycles. The molecule has 1 saturated carbocycles. The van der Waals surface area contributed by atoms with Crippen LogP contribution in [0.2, 0.25) is 5.02 Å². The Morgan fingerprint density at radius 3 is 2.75 bits per heavy atom. The van der Waals surface area contributed by atoms with Crippen LogP contribution in [0.25, 0.3) is 0 Å². The van der Waals surface area contributed by atoms with Crippen molar-refractivity contribution in [2.24, 2.45) is 11.7 Å². The fraction of sp³-hybridized carbons (Fsp3) is 0.538. The van der Waals surface area contributed by atoms with Crippen LogP contribution in [0.5, 0.6) is 0 Å². The number of rotatable bonds is 4. The van der Waals surface area contributed by atoms with Crippen molar-refractivity contribution in [1.82, 2.24) is 4.31 Å². The van der Waals surface area contributed by atoms with E-state index in [-0.39, 0.29) is 16.9 Å². The minimum Gasteiger partial charge on any atom is -0.330 e. The molecule has 0 bridgehead atoms. The molecule has 0 aromatic heterocycles. The Kier molecular flexibility index (Phi) is 5.13. The third kappa shape index (κ3) is 3.04. The Labute approximate surface area is 133 Å². The van der Waals surface area contributed by atoms with Gasteiger partial charge in [-0.1, -0.05) is 18.0 Å². The maximum Gasteiger partial charge on any atom is 0.243 e. The van der Waals surface area contributed by atoms with Gasteiger partial charge in [0, 0.05) is 17.6 Å². The Morgan fingerprint density at radius 1 is 1.45 bits per heavy atom. The predicted octanol–water partition coefficient (Wildman–Crippen LogP) is 2.85. The SMILES string of the molecule is CN(C1CCCC1CN)S(=O)(=O)c1ccc(Cl)c(Br)c1. The van der Waals surface area contributed by atoms with E-state index in [4.69, 9.17) is 17.3 Å². The molecule has 1 aromatic rings. The first kappa shape index (κ1) is 16.2. The maximum atomic E-state index is 12.7. The fourth-order valence-corrected chi connectivity index (χ4v) is 4.87. The van der Waals surface area contributed by atoms with Crippen molar-refractivity contribution in [3.05, 3.63) is 27.7 Å². The maximum absolute atomic E-state index is 12.7. The van der Waals surface area contributed by atoms with E-state index in [9.17, 15) is 8.42 Å². The van der Waals surface area contributed by atoms with Crippen LogP contribution in [0.3, 0.4) is 0 Å². The number of nitrogens with zero attached hydrogens (tertiary/aromatic N) is 1. The van der Waals surface area contributed by atoms with Crippen molar-refractivity contribution in [1.29, 1.82) is 0 Å². The van der Waals surface area contributed by atoms with Crippen molar-refractivity contribution >= 4 is 37.6 Å². The van der Waals surface area contributed by atoms with Gasteiger partial charge in [-0.2, -0.15) is 4.31 Å². The second-order valence-electron chi connectivity index (χ2n) is 5.09. The van der Waals surface area contributed by atoms with Crippen LogP contribution in [0.15, 0.2) is 27.6 Å². The molecular formula is C13H18BrClN2O2S. The average molecular weight is 382 g/mol. The van der Waals surface area contributed by atoms with Crippen molar-refractivity contribution < 1.29 is 8.42 Å². The predicted molar refractivity (Wildman–Crippen MR) is 84.3 cm³/mol. The molecule has 4 nitrogen and oxygen atoms in total. The summed E-state index contributed by atoms with van der Waals surface area (Å²) < 4.78 is 27.4. The van der Waals surface area contributed by atoms with Crippen molar-refractivity contribution in [2.75, 3.05) is 13.6 Å². The van der Waals surface area contributed by atoms with Crippen LogP contribution in [-0.4, -0.2) is 32.4 Å². The first-order chi connectivity index (χ1) is 9.37. The number of sulfonamides is 1. The Bertz CT molecular complexity index is 594. The number of hydrogen-bond donors (Lipinski definition) is 1. The average Bonchev–Trinajstić information content (AvgIpc) is 2.88.